The van der Waals surface area contributed by atoms with Crippen molar-refractivity contribution in [2.24, 2.45) is 29.1 Å². The average molecular weight is 220 g/mol. The molecule has 3 fully saturated rings. The summed E-state index contributed by atoms with van der Waals surface area (Å²) in [5.41, 5.74) is 0.656. The lowest BCUT2D eigenvalue weighted by atomic mass is 9.43. The number of hydrogen-bond acceptors (Lipinski definition) is 0. The minimum absolute atomic E-state index is 0.656. The molecule has 4 atom stereocenters. The topological polar surface area (TPSA) is 0 Å². The van der Waals surface area contributed by atoms with Gasteiger partial charge in [0, 0.05) is 0 Å². The fourth-order valence-corrected chi connectivity index (χ4v) is 4.12. The summed E-state index contributed by atoms with van der Waals surface area (Å²) in [5.74, 6) is 3.96. The van der Waals surface area contributed by atoms with Gasteiger partial charge in [-0.25, -0.2) is 0 Å². The maximum absolute atomic E-state index is 2.50. The molecule has 0 spiro atoms. The van der Waals surface area contributed by atoms with Crippen LogP contribution in [0, 0.1) is 29.1 Å². The molecule has 2 bridgehead atoms. The molecule has 0 aliphatic heterocycles. The van der Waals surface area contributed by atoms with E-state index in [1.807, 2.05) is 0 Å². The van der Waals surface area contributed by atoms with Crippen LogP contribution in [0.5, 0.6) is 0 Å². The molecule has 92 valence electrons. The summed E-state index contributed by atoms with van der Waals surface area (Å²) in [7, 11) is 0. The van der Waals surface area contributed by atoms with Gasteiger partial charge in [-0.15, -0.1) is 0 Å². The molecule has 3 rings (SSSR count). The van der Waals surface area contributed by atoms with Crippen LogP contribution in [0.4, 0.5) is 0 Å². The molecule has 16 heavy (non-hydrogen) atoms. The second-order valence-electron chi connectivity index (χ2n) is 6.71. The van der Waals surface area contributed by atoms with Crippen LogP contribution in [0.25, 0.3) is 0 Å². The van der Waals surface area contributed by atoms with E-state index in [0.717, 1.165) is 23.7 Å². The van der Waals surface area contributed by atoms with Gasteiger partial charge >= 0.3 is 0 Å². The molecular weight excluding hydrogens is 192 g/mol. The van der Waals surface area contributed by atoms with Gasteiger partial charge in [-0.1, -0.05) is 46.3 Å². The van der Waals surface area contributed by atoms with Crippen molar-refractivity contribution in [3.05, 3.63) is 12.2 Å². The van der Waals surface area contributed by atoms with Crippen molar-refractivity contribution in [3.8, 4) is 0 Å². The quantitative estimate of drug-likeness (QED) is 0.581. The summed E-state index contributed by atoms with van der Waals surface area (Å²) < 4.78 is 0. The first-order chi connectivity index (χ1) is 7.57. The summed E-state index contributed by atoms with van der Waals surface area (Å²) >= 11 is 0. The van der Waals surface area contributed by atoms with Gasteiger partial charge in [0.2, 0.25) is 0 Å². The third-order valence-electron chi connectivity index (χ3n) is 5.57. The van der Waals surface area contributed by atoms with Crippen molar-refractivity contribution < 1.29 is 0 Å². The lowest BCUT2D eigenvalue weighted by Gasteiger charge is -2.62. The maximum Gasteiger partial charge on any atom is -0.0295 e. The summed E-state index contributed by atoms with van der Waals surface area (Å²) in [5, 5.41) is 0. The largest absolute Gasteiger partial charge is 0.0885 e. The van der Waals surface area contributed by atoms with E-state index in [1.54, 1.807) is 0 Å². The van der Waals surface area contributed by atoms with E-state index in [1.165, 1.54) is 32.1 Å². The number of allylic oxidation sites excluding steroid dienone is 2. The average Bonchev–Trinajstić information content (AvgIpc) is 2.25. The molecule has 4 unspecified atom stereocenters. The zero-order chi connectivity index (χ0) is 11.8. The van der Waals surface area contributed by atoms with Gasteiger partial charge in [-0.2, -0.15) is 0 Å². The van der Waals surface area contributed by atoms with E-state index in [-0.39, 0.29) is 0 Å². The minimum Gasteiger partial charge on any atom is -0.0885 e. The highest BCUT2D eigenvalue weighted by atomic mass is 14.6. The summed E-state index contributed by atoms with van der Waals surface area (Å²) in [6.45, 7) is 9.74. The van der Waals surface area contributed by atoms with Crippen LogP contribution >= 0.6 is 0 Å². The van der Waals surface area contributed by atoms with E-state index in [0.29, 0.717) is 5.41 Å². The Hall–Kier alpha value is -0.260. The predicted octanol–water partition coefficient (Wildman–Crippen LogP) is 5.05. The van der Waals surface area contributed by atoms with Gasteiger partial charge in [-0.05, 0) is 54.8 Å². The smallest absolute Gasteiger partial charge is 0.0295 e. The number of unbranched alkanes of at least 4 members (excludes halogenated alkanes) is 1. The van der Waals surface area contributed by atoms with Gasteiger partial charge in [0.25, 0.3) is 0 Å². The zero-order valence-electron chi connectivity index (χ0n) is 11.5. The normalized spacial score (nSPS) is 41.0. The molecule has 0 aromatic rings. The third-order valence-corrected chi connectivity index (χ3v) is 5.57. The number of hydrogen-bond donors (Lipinski definition) is 0. The monoisotopic (exact) mass is 220 g/mol. The Balaban J connectivity index is 1.86. The highest BCUT2D eigenvalue weighted by Gasteiger charge is 2.55. The third kappa shape index (κ3) is 1.96. The van der Waals surface area contributed by atoms with Crippen molar-refractivity contribution >= 4 is 0 Å². The van der Waals surface area contributed by atoms with E-state index >= 15 is 0 Å². The Kier molecular flexibility index (Phi) is 3.47. The molecular formula is C16H28. The van der Waals surface area contributed by atoms with Crippen LogP contribution in [-0.2, 0) is 0 Å². The van der Waals surface area contributed by atoms with E-state index in [9.17, 15) is 0 Å². The van der Waals surface area contributed by atoms with Gasteiger partial charge in [0.05, 0.1) is 0 Å². The molecule has 0 saturated heterocycles. The fourth-order valence-electron chi connectivity index (χ4n) is 4.12. The molecule has 3 aliphatic carbocycles. The summed E-state index contributed by atoms with van der Waals surface area (Å²) in [6, 6.07) is 0. The molecule has 0 heteroatoms. The van der Waals surface area contributed by atoms with Crippen LogP contribution < -0.4 is 0 Å². The van der Waals surface area contributed by atoms with Crippen molar-refractivity contribution in [3.63, 3.8) is 0 Å². The van der Waals surface area contributed by atoms with Crippen LogP contribution in [0.2, 0.25) is 0 Å². The molecule has 0 radical (unpaired) electrons. The van der Waals surface area contributed by atoms with Gasteiger partial charge in [-0.3, -0.25) is 0 Å². The first-order valence-corrected chi connectivity index (χ1v) is 7.22. The first-order valence-electron chi connectivity index (χ1n) is 7.22. The van der Waals surface area contributed by atoms with Gasteiger partial charge < -0.3 is 0 Å². The summed E-state index contributed by atoms with van der Waals surface area (Å²) in [6.07, 6.45) is 11.7. The number of rotatable bonds is 4. The van der Waals surface area contributed by atoms with E-state index in [2.05, 4.69) is 39.8 Å². The van der Waals surface area contributed by atoms with Crippen LogP contribution in [-0.4, -0.2) is 0 Å². The molecule has 3 saturated carbocycles. The maximum atomic E-state index is 2.50. The first kappa shape index (κ1) is 12.2. The highest BCUT2D eigenvalue weighted by molar-refractivity contribution is 5.06. The lowest BCUT2D eigenvalue weighted by Crippen LogP contribution is -2.54. The standard InChI is InChI=1S/C16H28/c1-5-6-7-8-9-13-10-14-11-15(12(13)2)16(14,3)4/h7-8,12-15H,5-6,9-11H2,1-4H3/b8-7+. The Morgan fingerprint density at radius 1 is 1.19 bits per heavy atom. The Bertz CT molecular complexity index is 261. The molecule has 3 aliphatic rings. The molecule has 0 aromatic heterocycles. The van der Waals surface area contributed by atoms with Crippen molar-refractivity contribution in [2.45, 2.75) is 59.8 Å². The predicted molar refractivity (Wildman–Crippen MR) is 71.3 cm³/mol. The Labute approximate surface area is 102 Å². The van der Waals surface area contributed by atoms with E-state index in [4.69, 9.17) is 0 Å². The molecule has 0 amide bonds. The van der Waals surface area contributed by atoms with Crippen LogP contribution in [0.1, 0.15) is 59.8 Å². The highest BCUT2D eigenvalue weighted by Crippen LogP contribution is 2.63. The van der Waals surface area contributed by atoms with Crippen molar-refractivity contribution in [1.82, 2.24) is 0 Å². The second-order valence-corrected chi connectivity index (χ2v) is 6.71. The van der Waals surface area contributed by atoms with Gasteiger partial charge in [0.1, 0.15) is 0 Å². The van der Waals surface area contributed by atoms with Crippen LogP contribution in [0.3, 0.4) is 0 Å². The van der Waals surface area contributed by atoms with E-state index < -0.39 is 0 Å². The molecule has 0 heterocycles. The minimum atomic E-state index is 0.656. The SMILES string of the molecule is CCC/C=C/CC1CC2CC(C1C)C2(C)C. The zero-order valence-corrected chi connectivity index (χ0v) is 11.5. The lowest BCUT2D eigenvalue weighted by molar-refractivity contribution is -0.127. The van der Waals surface area contributed by atoms with Crippen molar-refractivity contribution in [1.29, 1.82) is 0 Å². The van der Waals surface area contributed by atoms with Crippen LogP contribution in [0.15, 0.2) is 12.2 Å². The molecule has 0 nitrogen and oxygen atoms in total. The Morgan fingerprint density at radius 3 is 2.50 bits per heavy atom. The molecule has 0 aromatic carbocycles. The summed E-state index contributed by atoms with van der Waals surface area (Å²) in [4.78, 5) is 0. The second kappa shape index (κ2) is 4.55. The number of fused-ring (bicyclic) bond motifs is 2. The van der Waals surface area contributed by atoms with Crippen molar-refractivity contribution in [2.75, 3.05) is 0 Å². The van der Waals surface area contributed by atoms with Gasteiger partial charge in [0.15, 0.2) is 0 Å². The fraction of sp³-hybridized carbons (Fsp3) is 0.875. The molecule has 0 N–H and O–H groups in total. The Morgan fingerprint density at radius 2 is 1.94 bits per heavy atom.